The summed E-state index contributed by atoms with van der Waals surface area (Å²) in [6.45, 7) is 1.13. The monoisotopic (exact) mass is 282 g/mol. The van der Waals surface area contributed by atoms with Crippen molar-refractivity contribution in [1.29, 1.82) is 0 Å². The van der Waals surface area contributed by atoms with Crippen molar-refractivity contribution in [3.8, 4) is 0 Å². The van der Waals surface area contributed by atoms with E-state index in [2.05, 4.69) is 10.6 Å². The molecule has 0 radical (unpaired) electrons. The number of hydrogen-bond acceptors (Lipinski definition) is 4. The Morgan fingerprint density at radius 2 is 2.31 bits per heavy atom. The molecule has 0 aliphatic carbocycles. The van der Waals surface area contributed by atoms with Gasteiger partial charge in [-0.2, -0.15) is 0 Å². The number of thiophene rings is 1. The largest absolute Gasteiger partial charge is 0.390 e. The lowest BCUT2D eigenvalue weighted by Gasteiger charge is -2.14. The molecule has 1 amide bonds. The molecule has 1 aliphatic heterocycles. The van der Waals surface area contributed by atoms with Gasteiger partial charge in [0.15, 0.2) is 0 Å². The lowest BCUT2D eigenvalue weighted by molar-refractivity contribution is 0.0892. The molecule has 0 aromatic carbocycles. The van der Waals surface area contributed by atoms with Gasteiger partial charge in [0.1, 0.15) is 0 Å². The zero-order valence-corrected chi connectivity index (χ0v) is 10.7. The Balaban J connectivity index is 0.00000128. The number of halogens is 2. The highest BCUT2D eigenvalue weighted by molar-refractivity contribution is 7.17. The summed E-state index contributed by atoms with van der Waals surface area (Å²) in [4.78, 5) is 12.2. The third-order valence-electron chi connectivity index (χ3n) is 2.30. The van der Waals surface area contributed by atoms with Gasteiger partial charge in [-0.1, -0.05) is 11.6 Å². The van der Waals surface area contributed by atoms with Gasteiger partial charge in [-0.05, 0) is 12.1 Å². The average molecular weight is 283 g/mol. The maximum Gasteiger partial charge on any atom is 0.261 e. The molecule has 3 N–H and O–H groups in total. The summed E-state index contributed by atoms with van der Waals surface area (Å²) in [6.07, 6.45) is -0.510. The summed E-state index contributed by atoms with van der Waals surface area (Å²) in [5.74, 6) is -0.181. The van der Waals surface area contributed by atoms with Crippen LogP contribution in [0, 0.1) is 0 Å². The van der Waals surface area contributed by atoms with Gasteiger partial charge >= 0.3 is 0 Å². The molecule has 2 rings (SSSR count). The molecule has 2 heterocycles. The predicted octanol–water partition coefficient (Wildman–Crippen LogP) is 0.886. The zero-order chi connectivity index (χ0) is 10.8. The SMILES string of the molecule is Cl.O=C(N[C@H]1CNC[C@@H]1O)c1ccc(Cl)s1. The fourth-order valence-electron chi connectivity index (χ4n) is 1.49. The number of aliphatic hydroxyl groups excluding tert-OH is 1. The summed E-state index contributed by atoms with van der Waals surface area (Å²) in [6, 6.07) is 3.15. The van der Waals surface area contributed by atoms with Gasteiger partial charge in [-0.15, -0.1) is 23.7 Å². The normalized spacial score (nSPS) is 23.9. The number of rotatable bonds is 2. The summed E-state index contributed by atoms with van der Waals surface area (Å²) >= 11 is 6.96. The quantitative estimate of drug-likeness (QED) is 0.755. The van der Waals surface area contributed by atoms with Crippen molar-refractivity contribution in [2.45, 2.75) is 12.1 Å². The first kappa shape index (κ1) is 13.7. The lowest BCUT2D eigenvalue weighted by Crippen LogP contribution is -2.42. The van der Waals surface area contributed by atoms with Crippen LogP contribution in [0.2, 0.25) is 4.34 Å². The Labute approximate surface area is 108 Å². The van der Waals surface area contributed by atoms with Gasteiger partial charge in [0.25, 0.3) is 5.91 Å². The molecule has 16 heavy (non-hydrogen) atoms. The number of β-amino-alcohol motifs (C(OH)–C–C–N with tert-alkyl or cyclic N) is 1. The van der Waals surface area contributed by atoms with E-state index >= 15 is 0 Å². The van der Waals surface area contributed by atoms with Crippen molar-refractivity contribution in [3.05, 3.63) is 21.3 Å². The Morgan fingerprint density at radius 1 is 1.56 bits per heavy atom. The van der Waals surface area contributed by atoms with Crippen LogP contribution in [0.3, 0.4) is 0 Å². The Kier molecular flexibility index (Phi) is 5.01. The number of amides is 1. The molecule has 90 valence electrons. The first-order chi connectivity index (χ1) is 7.16. The lowest BCUT2D eigenvalue weighted by atomic mass is 10.2. The molecule has 0 bridgehead atoms. The van der Waals surface area contributed by atoms with Crippen LogP contribution in [0.25, 0.3) is 0 Å². The van der Waals surface area contributed by atoms with Gasteiger partial charge < -0.3 is 15.7 Å². The molecule has 0 saturated carbocycles. The van der Waals surface area contributed by atoms with E-state index in [0.717, 1.165) is 0 Å². The van der Waals surface area contributed by atoms with E-state index in [1.165, 1.54) is 11.3 Å². The number of nitrogens with one attached hydrogen (secondary N) is 2. The van der Waals surface area contributed by atoms with E-state index in [9.17, 15) is 9.90 Å². The number of aliphatic hydroxyl groups is 1. The third-order valence-corrected chi connectivity index (χ3v) is 3.53. The fourth-order valence-corrected chi connectivity index (χ4v) is 2.43. The number of carbonyl (C=O) groups excluding carboxylic acids is 1. The first-order valence-electron chi connectivity index (χ1n) is 4.62. The molecule has 1 fully saturated rings. The van der Waals surface area contributed by atoms with Crippen molar-refractivity contribution in [1.82, 2.24) is 10.6 Å². The van der Waals surface area contributed by atoms with Crippen LogP contribution in [0.15, 0.2) is 12.1 Å². The van der Waals surface area contributed by atoms with Crippen LogP contribution in [0.1, 0.15) is 9.67 Å². The second kappa shape index (κ2) is 5.84. The molecule has 1 saturated heterocycles. The van der Waals surface area contributed by atoms with E-state index in [4.69, 9.17) is 11.6 Å². The van der Waals surface area contributed by atoms with Gasteiger partial charge in [0, 0.05) is 13.1 Å². The summed E-state index contributed by atoms with van der Waals surface area (Å²) in [7, 11) is 0. The molecule has 2 atom stereocenters. The van der Waals surface area contributed by atoms with E-state index in [1.54, 1.807) is 12.1 Å². The highest BCUT2D eigenvalue weighted by atomic mass is 35.5. The van der Waals surface area contributed by atoms with E-state index in [1.807, 2.05) is 0 Å². The van der Waals surface area contributed by atoms with Crippen LogP contribution in [-0.2, 0) is 0 Å². The van der Waals surface area contributed by atoms with E-state index < -0.39 is 6.10 Å². The topological polar surface area (TPSA) is 61.4 Å². The van der Waals surface area contributed by atoms with Crippen LogP contribution >= 0.6 is 35.3 Å². The molecular formula is C9H12Cl2N2O2S. The second-order valence-electron chi connectivity index (χ2n) is 3.41. The fraction of sp³-hybridized carbons (Fsp3) is 0.444. The van der Waals surface area contributed by atoms with Gasteiger partial charge in [0.05, 0.1) is 21.4 Å². The van der Waals surface area contributed by atoms with Gasteiger partial charge in [0.2, 0.25) is 0 Å². The molecule has 1 aliphatic rings. The van der Waals surface area contributed by atoms with Gasteiger partial charge in [-0.25, -0.2) is 0 Å². The molecule has 1 aromatic heterocycles. The average Bonchev–Trinajstić information content (AvgIpc) is 2.77. The maximum absolute atomic E-state index is 11.7. The minimum atomic E-state index is -0.510. The number of carbonyl (C=O) groups is 1. The smallest absolute Gasteiger partial charge is 0.261 e. The Hall–Kier alpha value is -0.330. The second-order valence-corrected chi connectivity index (χ2v) is 5.12. The Bertz CT molecular complexity index is 372. The van der Waals surface area contributed by atoms with Crippen LogP contribution in [0.4, 0.5) is 0 Å². The summed E-state index contributed by atoms with van der Waals surface area (Å²) in [5, 5.41) is 15.2. The molecule has 0 spiro atoms. The highest BCUT2D eigenvalue weighted by Crippen LogP contribution is 2.21. The van der Waals surface area contributed by atoms with Gasteiger partial charge in [-0.3, -0.25) is 4.79 Å². The molecule has 7 heteroatoms. The number of hydrogen-bond donors (Lipinski definition) is 3. The van der Waals surface area contributed by atoms with Crippen molar-refractivity contribution in [2.75, 3.05) is 13.1 Å². The van der Waals surface area contributed by atoms with Crippen molar-refractivity contribution < 1.29 is 9.90 Å². The molecule has 4 nitrogen and oxygen atoms in total. The van der Waals surface area contributed by atoms with Crippen molar-refractivity contribution in [2.24, 2.45) is 0 Å². The summed E-state index contributed by atoms with van der Waals surface area (Å²) in [5.41, 5.74) is 0. The minimum Gasteiger partial charge on any atom is -0.390 e. The van der Waals surface area contributed by atoms with Crippen LogP contribution in [0.5, 0.6) is 0 Å². The molecule has 1 aromatic rings. The first-order valence-corrected chi connectivity index (χ1v) is 5.81. The Morgan fingerprint density at radius 3 is 2.81 bits per heavy atom. The highest BCUT2D eigenvalue weighted by Gasteiger charge is 2.26. The van der Waals surface area contributed by atoms with Crippen LogP contribution < -0.4 is 10.6 Å². The standard InChI is InChI=1S/C9H11ClN2O2S.ClH/c10-8-2-1-7(15-8)9(14)12-5-3-11-4-6(5)13;/h1-2,5-6,11,13H,3-4H2,(H,12,14);1H/t5-,6-;/m0./s1. The van der Waals surface area contributed by atoms with Crippen molar-refractivity contribution in [3.63, 3.8) is 0 Å². The van der Waals surface area contributed by atoms with Crippen molar-refractivity contribution >= 4 is 41.3 Å². The predicted molar refractivity (Wildman–Crippen MR) is 66.7 cm³/mol. The molecular weight excluding hydrogens is 271 g/mol. The molecule has 0 unspecified atom stereocenters. The third kappa shape index (κ3) is 3.09. The van der Waals surface area contributed by atoms with Crippen LogP contribution in [-0.4, -0.2) is 36.2 Å². The van der Waals surface area contributed by atoms with E-state index in [0.29, 0.717) is 22.3 Å². The maximum atomic E-state index is 11.7. The van der Waals surface area contributed by atoms with E-state index in [-0.39, 0.29) is 24.4 Å². The zero-order valence-electron chi connectivity index (χ0n) is 8.27. The summed E-state index contributed by atoms with van der Waals surface area (Å²) < 4.78 is 0.588. The minimum absolute atomic E-state index is 0.